The van der Waals surface area contributed by atoms with Crippen LogP contribution in [0, 0.1) is 19.7 Å². The van der Waals surface area contributed by atoms with Crippen LogP contribution in [0.3, 0.4) is 0 Å². The van der Waals surface area contributed by atoms with E-state index in [2.05, 4.69) is 16.0 Å². The van der Waals surface area contributed by atoms with Crippen LogP contribution in [0.15, 0.2) is 47.6 Å². The van der Waals surface area contributed by atoms with Crippen molar-refractivity contribution in [1.29, 1.82) is 0 Å². The molecular formula is C22H23FN4O4. The molecule has 3 rings (SSSR count). The molecule has 0 radical (unpaired) electrons. The van der Waals surface area contributed by atoms with Crippen LogP contribution in [0.5, 0.6) is 5.75 Å². The summed E-state index contributed by atoms with van der Waals surface area (Å²) in [4.78, 5) is 36.5. The number of halogens is 1. The summed E-state index contributed by atoms with van der Waals surface area (Å²) in [5, 5.41) is 5.25. The Balaban J connectivity index is 1.53. The molecular weight excluding hydrogens is 403 g/mol. The van der Waals surface area contributed by atoms with Gasteiger partial charge >= 0.3 is 0 Å². The monoisotopic (exact) mass is 426 g/mol. The molecule has 0 saturated heterocycles. The summed E-state index contributed by atoms with van der Waals surface area (Å²) in [7, 11) is 0. The summed E-state index contributed by atoms with van der Waals surface area (Å²) in [6, 6.07) is 11.3. The Morgan fingerprint density at radius 3 is 2.42 bits per heavy atom. The van der Waals surface area contributed by atoms with Crippen molar-refractivity contribution in [3.05, 3.63) is 65.0 Å². The van der Waals surface area contributed by atoms with Gasteiger partial charge < -0.3 is 4.74 Å². The molecule has 0 bridgehead atoms. The van der Waals surface area contributed by atoms with Gasteiger partial charge in [0, 0.05) is 12.8 Å². The molecule has 0 saturated carbocycles. The zero-order valence-electron chi connectivity index (χ0n) is 17.3. The number of nitrogens with zero attached hydrogens (tertiary/aromatic N) is 2. The maximum atomic E-state index is 13.0. The lowest BCUT2D eigenvalue weighted by atomic mass is 10.1. The van der Waals surface area contributed by atoms with E-state index in [1.165, 1.54) is 12.1 Å². The fourth-order valence-corrected chi connectivity index (χ4v) is 3.05. The SMILES string of the molecule is Cc1cccc(C)c1OCC(=O)NNC(=O)C1=NN(Cc2ccc(F)cc2)C(=O)CC1. The van der Waals surface area contributed by atoms with E-state index in [9.17, 15) is 18.8 Å². The molecule has 2 aromatic rings. The van der Waals surface area contributed by atoms with Gasteiger partial charge in [-0.05, 0) is 42.7 Å². The molecule has 9 heteroatoms. The number of nitrogens with one attached hydrogen (secondary N) is 2. The fraction of sp³-hybridized carbons (Fsp3) is 0.273. The van der Waals surface area contributed by atoms with Crippen molar-refractivity contribution in [2.24, 2.45) is 5.10 Å². The van der Waals surface area contributed by atoms with Crippen LogP contribution < -0.4 is 15.6 Å². The molecule has 3 amide bonds. The highest BCUT2D eigenvalue weighted by Crippen LogP contribution is 2.22. The van der Waals surface area contributed by atoms with Crippen molar-refractivity contribution in [1.82, 2.24) is 15.9 Å². The minimum absolute atomic E-state index is 0.108. The third-order valence-corrected chi connectivity index (χ3v) is 4.68. The van der Waals surface area contributed by atoms with Crippen molar-refractivity contribution in [2.75, 3.05) is 6.61 Å². The van der Waals surface area contributed by atoms with Crippen molar-refractivity contribution in [2.45, 2.75) is 33.2 Å². The number of rotatable bonds is 6. The number of carbonyl (C=O) groups is 3. The van der Waals surface area contributed by atoms with Crippen molar-refractivity contribution >= 4 is 23.4 Å². The van der Waals surface area contributed by atoms with Crippen LogP contribution in [0.25, 0.3) is 0 Å². The lowest BCUT2D eigenvalue weighted by Crippen LogP contribution is -2.48. The predicted octanol–water partition coefficient (Wildman–Crippen LogP) is 2.15. The molecule has 8 nitrogen and oxygen atoms in total. The topological polar surface area (TPSA) is 100 Å². The first-order chi connectivity index (χ1) is 14.8. The van der Waals surface area contributed by atoms with Crippen molar-refractivity contribution < 1.29 is 23.5 Å². The molecule has 31 heavy (non-hydrogen) atoms. The van der Waals surface area contributed by atoms with Crippen LogP contribution in [0.4, 0.5) is 4.39 Å². The Kier molecular flexibility index (Phi) is 6.96. The van der Waals surface area contributed by atoms with Gasteiger partial charge in [0.25, 0.3) is 11.8 Å². The number of amides is 3. The van der Waals surface area contributed by atoms with Crippen molar-refractivity contribution in [3.63, 3.8) is 0 Å². The molecule has 2 aromatic carbocycles. The molecule has 162 valence electrons. The molecule has 0 fully saturated rings. The van der Waals surface area contributed by atoms with Crippen LogP contribution in [0.1, 0.15) is 29.5 Å². The Hall–Kier alpha value is -3.75. The molecule has 1 aliphatic heterocycles. The minimum Gasteiger partial charge on any atom is -0.483 e. The molecule has 0 spiro atoms. The number of hydrogen-bond donors (Lipinski definition) is 2. The third kappa shape index (κ3) is 5.88. The first-order valence-corrected chi connectivity index (χ1v) is 9.74. The van der Waals surface area contributed by atoms with Crippen molar-refractivity contribution in [3.8, 4) is 5.75 Å². The van der Waals surface area contributed by atoms with Gasteiger partial charge in [0.2, 0.25) is 5.91 Å². The zero-order valence-corrected chi connectivity index (χ0v) is 17.3. The van der Waals surface area contributed by atoms with Gasteiger partial charge in [-0.15, -0.1) is 0 Å². The average Bonchev–Trinajstić information content (AvgIpc) is 2.74. The first kappa shape index (κ1) is 21.9. The summed E-state index contributed by atoms with van der Waals surface area (Å²) >= 11 is 0. The number of ether oxygens (including phenoxy) is 1. The average molecular weight is 426 g/mol. The lowest BCUT2D eigenvalue weighted by molar-refractivity contribution is -0.132. The maximum absolute atomic E-state index is 13.0. The summed E-state index contributed by atoms with van der Waals surface area (Å²) in [6.07, 6.45) is 0.260. The maximum Gasteiger partial charge on any atom is 0.285 e. The summed E-state index contributed by atoms with van der Waals surface area (Å²) < 4.78 is 18.6. The molecule has 2 N–H and O–H groups in total. The predicted molar refractivity (Wildman–Crippen MR) is 111 cm³/mol. The fourth-order valence-electron chi connectivity index (χ4n) is 3.05. The second-order valence-electron chi connectivity index (χ2n) is 7.14. The normalized spacial score (nSPS) is 13.5. The summed E-state index contributed by atoms with van der Waals surface area (Å²) in [6.45, 7) is 3.60. The number of hydrazine groups is 1. The second kappa shape index (κ2) is 9.84. The zero-order chi connectivity index (χ0) is 22.4. The number of hydrazone groups is 1. The van der Waals surface area contributed by atoms with Crippen LogP contribution in [0.2, 0.25) is 0 Å². The van der Waals surface area contributed by atoms with Crippen LogP contribution in [-0.4, -0.2) is 35.0 Å². The smallest absolute Gasteiger partial charge is 0.285 e. The summed E-state index contributed by atoms with van der Waals surface area (Å²) in [5.74, 6) is -1.15. The lowest BCUT2D eigenvalue weighted by Gasteiger charge is -2.23. The molecule has 0 aromatic heterocycles. The first-order valence-electron chi connectivity index (χ1n) is 9.74. The highest BCUT2D eigenvalue weighted by Gasteiger charge is 2.25. The second-order valence-corrected chi connectivity index (χ2v) is 7.14. The van der Waals surface area contributed by atoms with E-state index in [-0.39, 0.29) is 43.4 Å². The van der Waals surface area contributed by atoms with E-state index >= 15 is 0 Å². The van der Waals surface area contributed by atoms with Gasteiger partial charge in [0.1, 0.15) is 17.3 Å². The van der Waals surface area contributed by atoms with E-state index in [0.717, 1.165) is 16.1 Å². The summed E-state index contributed by atoms with van der Waals surface area (Å²) in [5.41, 5.74) is 7.16. The Morgan fingerprint density at radius 2 is 1.74 bits per heavy atom. The number of aryl methyl sites for hydroxylation is 2. The van der Waals surface area contributed by atoms with E-state index in [4.69, 9.17) is 4.74 Å². The van der Waals surface area contributed by atoms with Gasteiger partial charge in [0.15, 0.2) is 6.61 Å². The third-order valence-electron chi connectivity index (χ3n) is 4.68. The molecule has 1 aliphatic rings. The van der Waals surface area contributed by atoms with Gasteiger partial charge in [0.05, 0.1) is 6.54 Å². The van der Waals surface area contributed by atoms with Crippen LogP contribution >= 0.6 is 0 Å². The Bertz CT molecular complexity index is 1000. The van der Waals surface area contributed by atoms with Gasteiger partial charge in [-0.2, -0.15) is 5.10 Å². The standard InChI is InChI=1S/C22H23FN4O4/c1-14-4-3-5-15(2)21(14)31-13-19(28)24-25-22(30)18-10-11-20(29)27(26-18)12-16-6-8-17(23)9-7-16/h3-9H,10-13H2,1-2H3,(H,24,28)(H,25,30). The Morgan fingerprint density at radius 1 is 1.06 bits per heavy atom. The largest absolute Gasteiger partial charge is 0.483 e. The van der Waals surface area contributed by atoms with Gasteiger partial charge in [-0.25, -0.2) is 9.40 Å². The highest BCUT2D eigenvalue weighted by molar-refractivity contribution is 6.39. The van der Waals surface area contributed by atoms with Gasteiger partial charge in [-0.3, -0.25) is 25.2 Å². The van der Waals surface area contributed by atoms with E-state index in [0.29, 0.717) is 11.3 Å². The van der Waals surface area contributed by atoms with Crippen LogP contribution in [-0.2, 0) is 20.9 Å². The number of benzene rings is 2. The number of hydrogen-bond acceptors (Lipinski definition) is 5. The number of para-hydroxylation sites is 1. The quantitative estimate of drug-likeness (QED) is 0.692. The van der Waals surface area contributed by atoms with Gasteiger partial charge in [-0.1, -0.05) is 30.3 Å². The molecule has 0 aliphatic carbocycles. The highest BCUT2D eigenvalue weighted by atomic mass is 19.1. The number of carbonyl (C=O) groups excluding carboxylic acids is 3. The molecule has 1 heterocycles. The van der Waals surface area contributed by atoms with E-state index in [1.807, 2.05) is 32.0 Å². The molecule has 0 atom stereocenters. The Labute approximate surface area is 179 Å². The van der Waals surface area contributed by atoms with E-state index < -0.39 is 11.8 Å². The molecule has 0 unspecified atom stereocenters. The van der Waals surface area contributed by atoms with E-state index in [1.54, 1.807) is 12.1 Å². The minimum atomic E-state index is -0.614.